The van der Waals surface area contributed by atoms with Crippen LogP contribution in [0, 0.1) is 5.92 Å². The van der Waals surface area contributed by atoms with Crippen LogP contribution in [-0.4, -0.2) is 41.6 Å². The van der Waals surface area contributed by atoms with Crippen molar-refractivity contribution in [3.05, 3.63) is 22.4 Å². The Morgan fingerprint density at radius 1 is 1.45 bits per heavy atom. The predicted molar refractivity (Wildman–Crippen MR) is 80.1 cm³/mol. The molecule has 0 saturated heterocycles. The first-order valence-electron chi connectivity index (χ1n) is 6.67. The molecule has 0 bridgehead atoms. The summed E-state index contributed by atoms with van der Waals surface area (Å²) in [4.78, 5) is 25.8. The van der Waals surface area contributed by atoms with Crippen LogP contribution in [0.3, 0.4) is 0 Å². The topological polar surface area (TPSA) is 69.6 Å². The van der Waals surface area contributed by atoms with Crippen LogP contribution in [0.15, 0.2) is 17.5 Å². The van der Waals surface area contributed by atoms with Crippen LogP contribution in [0.25, 0.3) is 0 Å². The van der Waals surface area contributed by atoms with Crippen molar-refractivity contribution in [2.75, 3.05) is 13.6 Å². The minimum atomic E-state index is -0.987. The van der Waals surface area contributed by atoms with Crippen LogP contribution in [0.2, 0.25) is 0 Å². The SMILES string of the molecule is CC(C)CC(NC(=O)N(C)CCc1cccs1)C(=O)O. The molecule has 1 rings (SSSR count). The minimum Gasteiger partial charge on any atom is -0.480 e. The lowest BCUT2D eigenvalue weighted by Crippen LogP contribution is -2.47. The number of thiophene rings is 1. The third kappa shape index (κ3) is 5.61. The lowest BCUT2D eigenvalue weighted by Gasteiger charge is -2.22. The summed E-state index contributed by atoms with van der Waals surface area (Å²) in [7, 11) is 1.68. The zero-order chi connectivity index (χ0) is 15.1. The third-order valence-corrected chi connectivity index (χ3v) is 3.86. The van der Waals surface area contributed by atoms with Gasteiger partial charge < -0.3 is 15.3 Å². The fraction of sp³-hybridized carbons (Fsp3) is 0.571. The lowest BCUT2D eigenvalue weighted by atomic mass is 10.0. The number of amides is 2. The molecule has 1 aromatic rings. The van der Waals surface area contributed by atoms with Crippen molar-refractivity contribution in [2.45, 2.75) is 32.7 Å². The van der Waals surface area contributed by atoms with Gasteiger partial charge in [0, 0.05) is 18.5 Å². The highest BCUT2D eigenvalue weighted by atomic mass is 32.1. The Bertz CT molecular complexity index is 432. The van der Waals surface area contributed by atoms with E-state index in [1.807, 2.05) is 31.4 Å². The van der Waals surface area contributed by atoms with Gasteiger partial charge in [0.25, 0.3) is 0 Å². The van der Waals surface area contributed by atoms with Gasteiger partial charge in [0.2, 0.25) is 0 Å². The van der Waals surface area contributed by atoms with Crippen molar-refractivity contribution < 1.29 is 14.7 Å². The standard InChI is InChI=1S/C14H22N2O3S/c1-10(2)9-12(13(17)18)15-14(19)16(3)7-6-11-5-4-8-20-11/h4-5,8,10,12H,6-7,9H2,1-3H3,(H,15,19)(H,17,18). The molecule has 0 radical (unpaired) electrons. The number of rotatable bonds is 7. The number of carbonyl (C=O) groups excluding carboxylic acids is 1. The number of urea groups is 1. The highest BCUT2D eigenvalue weighted by Crippen LogP contribution is 2.10. The molecule has 1 heterocycles. The van der Waals surface area contributed by atoms with E-state index in [2.05, 4.69) is 5.32 Å². The van der Waals surface area contributed by atoms with E-state index < -0.39 is 12.0 Å². The second kappa shape index (κ2) is 7.89. The van der Waals surface area contributed by atoms with Crippen LogP contribution in [0.5, 0.6) is 0 Å². The van der Waals surface area contributed by atoms with E-state index in [0.29, 0.717) is 13.0 Å². The van der Waals surface area contributed by atoms with E-state index in [1.165, 1.54) is 9.78 Å². The van der Waals surface area contributed by atoms with Crippen molar-refractivity contribution in [1.29, 1.82) is 0 Å². The smallest absolute Gasteiger partial charge is 0.326 e. The van der Waals surface area contributed by atoms with Crippen molar-refractivity contribution in [1.82, 2.24) is 10.2 Å². The Hall–Kier alpha value is -1.56. The molecule has 2 N–H and O–H groups in total. The number of hydrogen-bond donors (Lipinski definition) is 2. The van der Waals surface area contributed by atoms with Crippen molar-refractivity contribution in [2.24, 2.45) is 5.92 Å². The molecule has 0 spiro atoms. The van der Waals surface area contributed by atoms with Gasteiger partial charge in [0.05, 0.1) is 0 Å². The number of carbonyl (C=O) groups is 2. The van der Waals surface area contributed by atoms with Gasteiger partial charge >= 0.3 is 12.0 Å². The molecule has 6 heteroatoms. The molecule has 5 nitrogen and oxygen atoms in total. The average molecular weight is 298 g/mol. The fourth-order valence-electron chi connectivity index (χ4n) is 1.79. The molecule has 1 unspecified atom stereocenters. The van der Waals surface area contributed by atoms with Crippen LogP contribution in [0.1, 0.15) is 25.1 Å². The summed E-state index contributed by atoms with van der Waals surface area (Å²) >= 11 is 1.65. The molecule has 0 saturated carbocycles. The first-order chi connectivity index (χ1) is 9.40. The number of carboxylic acid groups (broad SMARTS) is 1. The Labute approximate surface area is 123 Å². The van der Waals surface area contributed by atoms with Crippen molar-refractivity contribution in [3.63, 3.8) is 0 Å². The Balaban J connectivity index is 2.44. The lowest BCUT2D eigenvalue weighted by molar-refractivity contribution is -0.139. The van der Waals surface area contributed by atoms with E-state index in [-0.39, 0.29) is 11.9 Å². The van der Waals surface area contributed by atoms with Crippen molar-refractivity contribution >= 4 is 23.3 Å². The molecule has 0 aliphatic carbocycles. The van der Waals surface area contributed by atoms with Gasteiger partial charge in [-0.1, -0.05) is 19.9 Å². The van der Waals surface area contributed by atoms with Crippen LogP contribution in [-0.2, 0) is 11.2 Å². The van der Waals surface area contributed by atoms with E-state index in [4.69, 9.17) is 5.11 Å². The monoisotopic (exact) mass is 298 g/mol. The summed E-state index contributed by atoms with van der Waals surface area (Å²) in [6, 6.07) is 2.83. The van der Waals surface area contributed by atoms with Gasteiger partial charge in [-0.25, -0.2) is 9.59 Å². The maximum atomic E-state index is 12.0. The summed E-state index contributed by atoms with van der Waals surface area (Å²) in [6.07, 6.45) is 1.21. The fourth-order valence-corrected chi connectivity index (χ4v) is 2.48. The van der Waals surface area contributed by atoms with Gasteiger partial charge in [0.15, 0.2) is 0 Å². The Morgan fingerprint density at radius 2 is 2.15 bits per heavy atom. The minimum absolute atomic E-state index is 0.216. The Morgan fingerprint density at radius 3 is 2.65 bits per heavy atom. The number of nitrogens with zero attached hydrogens (tertiary/aromatic N) is 1. The maximum Gasteiger partial charge on any atom is 0.326 e. The molecule has 112 valence electrons. The number of nitrogens with one attached hydrogen (secondary N) is 1. The third-order valence-electron chi connectivity index (χ3n) is 2.92. The van der Waals surface area contributed by atoms with Gasteiger partial charge in [-0.15, -0.1) is 11.3 Å². The summed E-state index contributed by atoms with van der Waals surface area (Å²) in [5.41, 5.74) is 0. The van der Waals surface area contributed by atoms with Gasteiger partial charge in [-0.3, -0.25) is 0 Å². The molecule has 0 fully saturated rings. The number of likely N-dealkylation sites (N-methyl/N-ethyl adjacent to an activating group) is 1. The quantitative estimate of drug-likeness (QED) is 0.812. The van der Waals surface area contributed by atoms with Crippen molar-refractivity contribution in [3.8, 4) is 0 Å². The summed E-state index contributed by atoms with van der Waals surface area (Å²) in [5.74, 6) is -0.772. The average Bonchev–Trinajstić information content (AvgIpc) is 2.87. The molecule has 0 aromatic carbocycles. The predicted octanol–water partition coefficient (Wildman–Crippen LogP) is 2.43. The van der Waals surface area contributed by atoms with Crippen LogP contribution in [0.4, 0.5) is 4.79 Å². The molecular weight excluding hydrogens is 276 g/mol. The normalized spacial score (nSPS) is 12.2. The van der Waals surface area contributed by atoms with Gasteiger partial charge in [0.1, 0.15) is 6.04 Å². The van der Waals surface area contributed by atoms with E-state index in [0.717, 1.165) is 6.42 Å². The summed E-state index contributed by atoms with van der Waals surface area (Å²) in [5, 5.41) is 13.7. The van der Waals surface area contributed by atoms with Crippen LogP contribution >= 0.6 is 11.3 Å². The Kier molecular flexibility index (Phi) is 6.51. The van der Waals surface area contributed by atoms with E-state index in [9.17, 15) is 9.59 Å². The largest absolute Gasteiger partial charge is 0.480 e. The maximum absolute atomic E-state index is 12.0. The van der Waals surface area contributed by atoms with Crippen LogP contribution < -0.4 is 5.32 Å². The highest BCUT2D eigenvalue weighted by molar-refractivity contribution is 7.09. The van der Waals surface area contributed by atoms with E-state index in [1.54, 1.807) is 18.4 Å². The molecule has 1 atom stereocenters. The van der Waals surface area contributed by atoms with Gasteiger partial charge in [-0.05, 0) is 30.2 Å². The zero-order valence-electron chi connectivity index (χ0n) is 12.1. The first-order valence-corrected chi connectivity index (χ1v) is 7.55. The van der Waals surface area contributed by atoms with E-state index >= 15 is 0 Å². The second-order valence-electron chi connectivity index (χ2n) is 5.22. The summed E-state index contributed by atoms with van der Waals surface area (Å²) < 4.78 is 0. The number of aliphatic carboxylic acids is 1. The molecule has 2 amide bonds. The molecular formula is C14H22N2O3S. The molecule has 0 aliphatic heterocycles. The first kappa shape index (κ1) is 16.5. The molecule has 0 aliphatic rings. The summed E-state index contributed by atoms with van der Waals surface area (Å²) in [6.45, 7) is 4.44. The number of hydrogen-bond acceptors (Lipinski definition) is 3. The second-order valence-corrected chi connectivity index (χ2v) is 6.25. The highest BCUT2D eigenvalue weighted by Gasteiger charge is 2.22. The number of carboxylic acids is 1. The molecule has 1 aromatic heterocycles. The molecule has 20 heavy (non-hydrogen) atoms. The van der Waals surface area contributed by atoms with Gasteiger partial charge in [-0.2, -0.15) is 0 Å². The zero-order valence-corrected chi connectivity index (χ0v) is 12.9.